The van der Waals surface area contributed by atoms with E-state index >= 15 is 0 Å². The summed E-state index contributed by atoms with van der Waals surface area (Å²) in [7, 11) is 0. The number of benzene rings is 2. The Morgan fingerprint density at radius 1 is 1.06 bits per heavy atom. The van der Waals surface area contributed by atoms with E-state index in [1.54, 1.807) is 45.0 Å². The van der Waals surface area contributed by atoms with E-state index in [0.717, 1.165) is 11.1 Å². The van der Waals surface area contributed by atoms with Crippen molar-refractivity contribution >= 4 is 23.8 Å². The Labute approximate surface area is 205 Å². The Balaban J connectivity index is 2.02. The monoisotopic (exact) mass is 483 g/mol. The maximum Gasteiger partial charge on any atom is 0.407 e. The van der Waals surface area contributed by atoms with Gasteiger partial charge in [-0.3, -0.25) is 0 Å². The highest BCUT2D eigenvalue weighted by molar-refractivity contribution is 5.79. The van der Waals surface area contributed by atoms with E-state index in [0.29, 0.717) is 12.1 Å². The standard InChI is InChI=1S/C26H33N3O6/c1-5-10-21(29-25(33)34-17-18-11-7-6-8-12-18)19-13-9-14-20(15-19)28-22(23(30)31)16-27-24(32)35-26(2,3)4/h5-9,11-15,21-22,28H,1,10,16-17H2,2-4H3,(H,27,32)(H,29,33)(H,30,31)/t21?,22-/m1/s1. The molecule has 0 aliphatic rings. The van der Waals surface area contributed by atoms with Crippen molar-refractivity contribution < 1.29 is 29.0 Å². The zero-order valence-electron chi connectivity index (χ0n) is 20.2. The van der Waals surface area contributed by atoms with Crippen LogP contribution in [0.5, 0.6) is 0 Å². The van der Waals surface area contributed by atoms with Crippen molar-refractivity contribution in [3.63, 3.8) is 0 Å². The van der Waals surface area contributed by atoms with E-state index in [2.05, 4.69) is 22.5 Å². The van der Waals surface area contributed by atoms with E-state index in [1.165, 1.54) is 0 Å². The molecule has 0 radical (unpaired) electrons. The molecule has 0 aliphatic carbocycles. The van der Waals surface area contributed by atoms with Gasteiger partial charge in [0.2, 0.25) is 0 Å². The predicted molar refractivity (Wildman–Crippen MR) is 133 cm³/mol. The fourth-order valence-electron chi connectivity index (χ4n) is 3.10. The van der Waals surface area contributed by atoms with Gasteiger partial charge in [0.15, 0.2) is 0 Å². The number of hydrogen-bond acceptors (Lipinski definition) is 6. The number of nitrogens with one attached hydrogen (secondary N) is 3. The second-order valence-corrected chi connectivity index (χ2v) is 8.83. The lowest BCUT2D eigenvalue weighted by Gasteiger charge is -2.22. The van der Waals surface area contributed by atoms with Crippen molar-refractivity contribution in [1.29, 1.82) is 0 Å². The van der Waals surface area contributed by atoms with Crippen LogP contribution >= 0.6 is 0 Å². The van der Waals surface area contributed by atoms with Gasteiger partial charge in [-0.25, -0.2) is 14.4 Å². The van der Waals surface area contributed by atoms with Crippen molar-refractivity contribution in [2.45, 2.75) is 51.5 Å². The molecule has 0 spiro atoms. The van der Waals surface area contributed by atoms with Gasteiger partial charge in [0.1, 0.15) is 18.2 Å². The van der Waals surface area contributed by atoms with E-state index in [-0.39, 0.29) is 13.2 Å². The number of carboxylic acid groups (broad SMARTS) is 1. The summed E-state index contributed by atoms with van der Waals surface area (Å²) in [5, 5.41) is 17.7. The molecule has 9 heteroatoms. The topological polar surface area (TPSA) is 126 Å². The quantitative estimate of drug-likeness (QED) is 0.344. The molecule has 0 saturated carbocycles. The van der Waals surface area contributed by atoms with Crippen molar-refractivity contribution in [1.82, 2.24) is 10.6 Å². The molecule has 1 unspecified atom stereocenters. The van der Waals surface area contributed by atoms with Crippen molar-refractivity contribution in [3.8, 4) is 0 Å². The largest absolute Gasteiger partial charge is 0.480 e. The van der Waals surface area contributed by atoms with Crippen LogP contribution in [0.25, 0.3) is 0 Å². The number of aliphatic carboxylic acids is 1. The molecule has 2 amide bonds. The number of carbonyl (C=O) groups is 3. The maximum atomic E-state index is 12.4. The fraction of sp³-hybridized carbons (Fsp3) is 0.346. The highest BCUT2D eigenvalue weighted by Gasteiger charge is 2.22. The van der Waals surface area contributed by atoms with Gasteiger partial charge < -0.3 is 30.5 Å². The Morgan fingerprint density at radius 3 is 2.40 bits per heavy atom. The summed E-state index contributed by atoms with van der Waals surface area (Å²) in [5.74, 6) is -1.14. The van der Waals surface area contributed by atoms with Gasteiger partial charge in [-0.05, 0) is 50.5 Å². The summed E-state index contributed by atoms with van der Waals surface area (Å²) in [6.45, 7) is 8.86. The van der Waals surface area contributed by atoms with Gasteiger partial charge in [0.05, 0.1) is 12.6 Å². The maximum absolute atomic E-state index is 12.4. The number of anilines is 1. The third kappa shape index (κ3) is 10.2. The van der Waals surface area contributed by atoms with Crippen molar-refractivity contribution in [3.05, 3.63) is 78.4 Å². The molecule has 0 saturated heterocycles. The highest BCUT2D eigenvalue weighted by Crippen LogP contribution is 2.22. The number of hydrogen-bond donors (Lipinski definition) is 4. The molecular formula is C26H33N3O6. The van der Waals surface area contributed by atoms with Crippen LogP contribution in [0, 0.1) is 0 Å². The minimum atomic E-state index is -1.14. The lowest BCUT2D eigenvalue weighted by molar-refractivity contribution is -0.137. The van der Waals surface area contributed by atoms with E-state index in [9.17, 15) is 19.5 Å². The van der Waals surface area contributed by atoms with Gasteiger partial charge >= 0.3 is 18.2 Å². The van der Waals surface area contributed by atoms with Crippen molar-refractivity contribution in [2.24, 2.45) is 0 Å². The lowest BCUT2D eigenvalue weighted by Crippen LogP contribution is -2.43. The van der Waals surface area contributed by atoms with Crippen LogP contribution in [0.15, 0.2) is 67.3 Å². The summed E-state index contributed by atoms with van der Waals surface area (Å²) in [6.07, 6.45) is 0.826. The Kier molecular flexibility index (Phi) is 10.1. The van der Waals surface area contributed by atoms with Gasteiger partial charge in [0.25, 0.3) is 0 Å². The zero-order chi connectivity index (χ0) is 25.8. The average molecular weight is 484 g/mol. The lowest BCUT2D eigenvalue weighted by atomic mass is 10.0. The Bertz CT molecular complexity index is 1000. The SMILES string of the molecule is C=CCC(NC(=O)OCc1ccccc1)c1cccc(N[C@H](CNC(=O)OC(C)(C)C)C(=O)O)c1. The van der Waals surface area contributed by atoms with Crippen LogP contribution in [0.4, 0.5) is 15.3 Å². The first-order chi connectivity index (χ1) is 16.6. The molecule has 35 heavy (non-hydrogen) atoms. The van der Waals surface area contributed by atoms with Gasteiger partial charge in [0, 0.05) is 5.69 Å². The summed E-state index contributed by atoms with van der Waals surface area (Å²) in [4.78, 5) is 36.0. The number of alkyl carbamates (subject to hydrolysis) is 2. The minimum absolute atomic E-state index is 0.139. The highest BCUT2D eigenvalue weighted by atomic mass is 16.6. The van der Waals surface area contributed by atoms with Crippen LogP contribution < -0.4 is 16.0 Å². The van der Waals surface area contributed by atoms with E-state index < -0.39 is 35.8 Å². The molecule has 2 aromatic carbocycles. The van der Waals surface area contributed by atoms with E-state index in [1.807, 2.05) is 36.4 Å². The third-order valence-electron chi connectivity index (χ3n) is 4.68. The molecule has 188 valence electrons. The molecule has 0 heterocycles. The molecule has 2 atom stereocenters. The van der Waals surface area contributed by atoms with Gasteiger partial charge in [-0.2, -0.15) is 0 Å². The molecule has 0 aromatic heterocycles. The van der Waals surface area contributed by atoms with E-state index in [4.69, 9.17) is 9.47 Å². The summed E-state index contributed by atoms with van der Waals surface area (Å²) in [6, 6.07) is 14.8. The molecule has 0 fully saturated rings. The first-order valence-electron chi connectivity index (χ1n) is 11.2. The fourth-order valence-corrected chi connectivity index (χ4v) is 3.10. The first-order valence-corrected chi connectivity index (χ1v) is 11.2. The molecule has 2 aromatic rings. The third-order valence-corrected chi connectivity index (χ3v) is 4.68. The Hall–Kier alpha value is -4.01. The van der Waals surface area contributed by atoms with Crippen LogP contribution in [-0.2, 0) is 20.9 Å². The Morgan fingerprint density at radius 2 is 1.77 bits per heavy atom. The molecule has 2 rings (SSSR count). The number of amides is 2. The average Bonchev–Trinajstić information content (AvgIpc) is 2.79. The van der Waals surface area contributed by atoms with Gasteiger partial charge in [-0.15, -0.1) is 6.58 Å². The second kappa shape index (κ2) is 13.0. The number of carbonyl (C=O) groups excluding carboxylic acids is 2. The van der Waals surface area contributed by atoms with Crippen LogP contribution in [0.1, 0.15) is 44.4 Å². The molecule has 0 bridgehead atoms. The second-order valence-electron chi connectivity index (χ2n) is 8.83. The molecular weight excluding hydrogens is 450 g/mol. The molecule has 0 aliphatic heterocycles. The summed E-state index contributed by atoms with van der Waals surface area (Å²) in [5.41, 5.74) is 1.42. The van der Waals surface area contributed by atoms with Crippen LogP contribution in [0.3, 0.4) is 0 Å². The van der Waals surface area contributed by atoms with Gasteiger partial charge in [-0.1, -0.05) is 48.5 Å². The number of rotatable bonds is 11. The smallest absolute Gasteiger partial charge is 0.407 e. The summed E-state index contributed by atoms with van der Waals surface area (Å²) < 4.78 is 10.5. The van der Waals surface area contributed by atoms with Crippen LogP contribution in [-0.4, -0.2) is 41.4 Å². The molecule has 9 nitrogen and oxygen atoms in total. The minimum Gasteiger partial charge on any atom is -0.480 e. The predicted octanol–water partition coefficient (Wildman–Crippen LogP) is 4.62. The number of ether oxygens (including phenoxy) is 2. The van der Waals surface area contributed by atoms with Crippen LogP contribution in [0.2, 0.25) is 0 Å². The summed E-state index contributed by atoms with van der Waals surface area (Å²) >= 11 is 0. The first kappa shape index (κ1) is 27.2. The van der Waals surface area contributed by atoms with Crippen molar-refractivity contribution in [2.75, 3.05) is 11.9 Å². The zero-order valence-corrected chi connectivity index (χ0v) is 20.2. The number of carboxylic acids is 1. The molecule has 4 N–H and O–H groups in total. The normalized spacial score (nSPS) is 12.5.